The van der Waals surface area contributed by atoms with Crippen molar-refractivity contribution in [3.05, 3.63) is 60.2 Å². The molecule has 2 aromatic carbocycles. The number of nitrogens with zero attached hydrogens (tertiary/aromatic N) is 1. The number of rotatable bonds is 5. The fraction of sp³-hybridized carbons (Fsp3) is 0.0714. The summed E-state index contributed by atoms with van der Waals surface area (Å²) >= 11 is -0.975. The van der Waals surface area contributed by atoms with Crippen molar-refractivity contribution in [1.82, 2.24) is 0 Å². The number of carbonyl (C=O) groups is 1. The quantitative estimate of drug-likeness (QED) is 0.514. The molecule has 0 aliphatic rings. The summed E-state index contributed by atoms with van der Waals surface area (Å²) in [5, 5.41) is 11.7. The van der Waals surface area contributed by atoms with Crippen LogP contribution in [0.4, 0.5) is 5.69 Å². The normalized spacial score (nSPS) is 10.3. The van der Waals surface area contributed by atoms with Crippen LogP contribution in [0.2, 0.25) is 0 Å². The molecule has 6 heteroatoms. The summed E-state index contributed by atoms with van der Waals surface area (Å²) in [4.78, 5) is 13.8. The predicted molar refractivity (Wildman–Crippen MR) is 75.8 cm³/mol. The third kappa shape index (κ3) is 3.67. The van der Waals surface area contributed by atoms with Crippen molar-refractivity contribution in [1.29, 1.82) is 0 Å². The number of benzene rings is 2. The minimum absolute atomic E-state index is 0.0655. The molecule has 1 N–H and O–H groups in total. The summed E-state index contributed by atoms with van der Waals surface area (Å²) in [5.41, 5.74) is 1.43. The Hall–Kier alpha value is -1.67. The van der Waals surface area contributed by atoms with Crippen molar-refractivity contribution >= 4 is 31.8 Å². The van der Waals surface area contributed by atoms with E-state index in [0.717, 1.165) is 10.1 Å². The zero-order valence-electron chi connectivity index (χ0n) is 10.8. The average molecular weight is 332 g/mol. The van der Waals surface area contributed by atoms with E-state index in [0.29, 0.717) is 5.56 Å². The van der Waals surface area contributed by atoms with E-state index in [2.05, 4.69) is 8.95 Å². The molecule has 2 radical (unpaired) electrons. The first-order chi connectivity index (χ1) is 9.72. The van der Waals surface area contributed by atoms with Crippen molar-refractivity contribution in [2.75, 3.05) is 11.9 Å². The summed E-state index contributed by atoms with van der Waals surface area (Å²) in [6.45, 7) is 0. The second-order valence-corrected chi connectivity index (χ2v) is 6.03. The molecule has 0 aromatic heterocycles. The summed E-state index contributed by atoms with van der Waals surface area (Å²) in [6, 6.07) is 16.5. The van der Waals surface area contributed by atoms with E-state index in [1.165, 1.54) is 0 Å². The van der Waals surface area contributed by atoms with E-state index in [-0.39, 0.29) is 5.91 Å². The molecule has 0 aliphatic heterocycles. The second kappa shape index (κ2) is 7.20. The van der Waals surface area contributed by atoms with Crippen LogP contribution in [0.1, 0.15) is 10.4 Å². The number of anilines is 1. The van der Waals surface area contributed by atoms with Crippen LogP contribution in [0, 0.1) is 0 Å². The third-order valence-corrected chi connectivity index (χ3v) is 4.30. The molecule has 0 saturated heterocycles. The molecule has 2 aromatic rings. The van der Waals surface area contributed by atoms with Crippen LogP contribution in [-0.2, 0) is 8.95 Å². The van der Waals surface area contributed by atoms with Crippen LogP contribution in [0.3, 0.4) is 0 Å². The Morgan fingerprint density at radius 3 is 2.35 bits per heavy atom. The SMILES string of the molecule is CN(C(=O)c1ccccc1)c1cc[c]([Ge][O]OO)cc1. The minimum atomic E-state index is -0.975. The molecular formula is C14H13GeNO4. The first-order valence-electron chi connectivity index (χ1n) is 5.88. The van der Waals surface area contributed by atoms with Crippen LogP contribution >= 0.6 is 0 Å². The van der Waals surface area contributed by atoms with Crippen molar-refractivity contribution in [3.63, 3.8) is 0 Å². The van der Waals surface area contributed by atoms with Gasteiger partial charge < -0.3 is 0 Å². The topological polar surface area (TPSA) is 59.0 Å². The molecular weight excluding hydrogens is 319 g/mol. The molecule has 2 rings (SSSR count). The fourth-order valence-electron chi connectivity index (χ4n) is 1.71. The van der Waals surface area contributed by atoms with Gasteiger partial charge in [-0.25, -0.2) is 0 Å². The van der Waals surface area contributed by atoms with Gasteiger partial charge in [-0.15, -0.1) is 0 Å². The van der Waals surface area contributed by atoms with Gasteiger partial charge in [-0.2, -0.15) is 0 Å². The van der Waals surface area contributed by atoms with Gasteiger partial charge >= 0.3 is 123 Å². The van der Waals surface area contributed by atoms with E-state index in [4.69, 9.17) is 5.26 Å². The van der Waals surface area contributed by atoms with Crippen molar-refractivity contribution < 1.29 is 19.0 Å². The van der Waals surface area contributed by atoms with Gasteiger partial charge in [0.25, 0.3) is 0 Å². The molecule has 0 spiro atoms. The monoisotopic (exact) mass is 333 g/mol. The standard InChI is InChI=1S/C14H13GeNO4/c1-16(14(17)11-5-3-2-4-6-11)13-9-7-12(8-10-13)15-19-20-18/h2-10,18H,1H3. The fourth-order valence-corrected chi connectivity index (χ4v) is 2.63. The van der Waals surface area contributed by atoms with Crippen LogP contribution in [0.25, 0.3) is 0 Å². The molecule has 0 aliphatic carbocycles. The number of amides is 1. The van der Waals surface area contributed by atoms with Gasteiger partial charge in [0.15, 0.2) is 0 Å². The van der Waals surface area contributed by atoms with Gasteiger partial charge in [0.2, 0.25) is 0 Å². The molecule has 1 amide bonds. The van der Waals surface area contributed by atoms with Crippen LogP contribution in [-0.4, -0.2) is 34.0 Å². The molecule has 0 bridgehead atoms. The van der Waals surface area contributed by atoms with Gasteiger partial charge in [-0.05, 0) is 0 Å². The average Bonchev–Trinajstić information content (AvgIpc) is 2.53. The van der Waals surface area contributed by atoms with Gasteiger partial charge in [0.1, 0.15) is 0 Å². The van der Waals surface area contributed by atoms with Gasteiger partial charge in [0.05, 0.1) is 0 Å². The van der Waals surface area contributed by atoms with E-state index >= 15 is 0 Å². The molecule has 20 heavy (non-hydrogen) atoms. The van der Waals surface area contributed by atoms with E-state index in [9.17, 15) is 4.79 Å². The molecule has 0 saturated carbocycles. The summed E-state index contributed by atoms with van der Waals surface area (Å²) < 4.78 is 5.48. The Morgan fingerprint density at radius 1 is 1.10 bits per heavy atom. The molecule has 0 atom stereocenters. The van der Waals surface area contributed by atoms with Crippen molar-refractivity contribution in [2.45, 2.75) is 0 Å². The first kappa shape index (κ1) is 14.7. The number of carbonyl (C=O) groups excluding carboxylic acids is 1. The van der Waals surface area contributed by atoms with E-state index < -0.39 is 15.8 Å². The van der Waals surface area contributed by atoms with Crippen molar-refractivity contribution in [3.8, 4) is 0 Å². The summed E-state index contributed by atoms with van der Waals surface area (Å²) in [5.74, 6) is -0.0655. The predicted octanol–water partition coefficient (Wildman–Crippen LogP) is 1.63. The third-order valence-electron chi connectivity index (χ3n) is 2.78. The molecule has 0 heterocycles. The summed E-state index contributed by atoms with van der Waals surface area (Å²) in [7, 11) is 1.73. The Bertz CT molecular complexity index is 559. The Morgan fingerprint density at radius 2 is 1.75 bits per heavy atom. The Kier molecular flexibility index (Phi) is 5.31. The van der Waals surface area contributed by atoms with Crippen LogP contribution in [0.15, 0.2) is 54.6 Å². The summed E-state index contributed by atoms with van der Waals surface area (Å²) in [6.07, 6.45) is 0. The van der Waals surface area contributed by atoms with Gasteiger partial charge in [0, 0.05) is 0 Å². The van der Waals surface area contributed by atoms with Crippen LogP contribution < -0.4 is 9.30 Å². The van der Waals surface area contributed by atoms with Crippen molar-refractivity contribution in [2.24, 2.45) is 0 Å². The maximum atomic E-state index is 12.3. The zero-order valence-corrected chi connectivity index (χ0v) is 12.9. The Labute approximate surface area is 123 Å². The molecule has 102 valence electrons. The molecule has 5 nitrogen and oxygen atoms in total. The maximum absolute atomic E-state index is 12.3. The van der Waals surface area contributed by atoms with Crippen LogP contribution in [0.5, 0.6) is 0 Å². The molecule has 0 fully saturated rings. The number of hydrogen-bond acceptors (Lipinski definition) is 4. The number of hydrogen-bond donors (Lipinski definition) is 1. The van der Waals surface area contributed by atoms with E-state index in [1.807, 2.05) is 42.5 Å². The van der Waals surface area contributed by atoms with Gasteiger partial charge in [-0.3, -0.25) is 0 Å². The zero-order chi connectivity index (χ0) is 14.4. The Balaban J connectivity index is 2.09. The first-order valence-corrected chi connectivity index (χ1v) is 7.79. The molecule has 0 unspecified atom stereocenters. The van der Waals surface area contributed by atoms with E-state index in [1.54, 1.807) is 24.1 Å². The van der Waals surface area contributed by atoms with Gasteiger partial charge in [-0.1, -0.05) is 0 Å². The second-order valence-electron chi connectivity index (χ2n) is 4.04.